The second-order valence-electron chi connectivity index (χ2n) is 4.59. The highest BCUT2D eigenvalue weighted by Crippen LogP contribution is 2.08. The van der Waals surface area contributed by atoms with E-state index in [2.05, 4.69) is 36.8 Å². The number of aromatic amines is 1. The first kappa shape index (κ1) is 16.7. The van der Waals surface area contributed by atoms with Gasteiger partial charge in [0.15, 0.2) is 0 Å². The van der Waals surface area contributed by atoms with Crippen molar-refractivity contribution in [2.75, 3.05) is 5.33 Å². The maximum Gasteiger partial charge on any atom is 0.328 e. The highest BCUT2D eigenvalue weighted by atomic mass is 79.9. The van der Waals surface area contributed by atoms with E-state index in [9.17, 15) is 9.59 Å². The summed E-state index contributed by atoms with van der Waals surface area (Å²) in [6.45, 7) is 0.662. The van der Waals surface area contributed by atoms with Gasteiger partial charge in [-0.3, -0.25) is 14.3 Å². The lowest BCUT2D eigenvalue weighted by Crippen LogP contribution is -2.29. The van der Waals surface area contributed by atoms with Crippen molar-refractivity contribution in [1.29, 1.82) is 0 Å². The fourth-order valence-electron chi connectivity index (χ4n) is 1.91. The minimum absolute atomic E-state index is 0.328. The maximum atomic E-state index is 11.5. The highest BCUT2D eigenvalue weighted by Gasteiger charge is 2.01. The predicted octanol–water partition coefficient (Wildman–Crippen LogP) is 3.42. The van der Waals surface area contributed by atoms with Crippen LogP contribution in [0.3, 0.4) is 0 Å². The van der Waals surface area contributed by atoms with Crippen LogP contribution in [0.1, 0.15) is 44.9 Å². The van der Waals surface area contributed by atoms with Crippen LogP contribution in [0.25, 0.3) is 0 Å². The first-order valence-corrected chi connectivity index (χ1v) is 8.62. The van der Waals surface area contributed by atoms with Gasteiger partial charge in [-0.25, -0.2) is 4.79 Å². The molecule has 1 aromatic rings. The van der Waals surface area contributed by atoms with Crippen LogP contribution in [0.15, 0.2) is 20.3 Å². The molecule has 0 spiro atoms. The van der Waals surface area contributed by atoms with Crippen molar-refractivity contribution in [3.05, 3.63) is 31.5 Å². The zero-order valence-electron chi connectivity index (χ0n) is 11.0. The lowest BCUT2D eigenvalue weighted by Gasteiger charge is -2.05. The number of nitrogens with one attached hydrogen (secondary N) is 1. The molecular formula is C13H20Br2N2O2. The van der Waals surface area contributed by atoms with Gasteiger partial charge >= 0.3 is 5.69 Å². The Hall–Kier alpha value is -0.360. The second-order valence-corrected chi connectivity index (χ2v) is 6.24. The zero-order valence-corrected chi connectivity index (χ0v) is 14.1. The van der Waals surface area contributed by atoms with Gasteiger partial charge in [0.25, 0.3) is 5.56 Å². The molecule has 0 aromatic carbocycles. The largest absolute Gasteiger partial charge is 0.328 e. The molecule has 1 heterocycles. The molecular weight excluding hydrogens is 376 g/mol. The molecule has 0 atom stereocenters. The van der Waals surface area contributed by atoms with E-state index in [1.165, 1.54) is 32.1 Å². The summed E-state index contributed by atoms with van der Waals surface area (Å²) in [5.41, 5.74) is -0.696. The normalized spacial score (nSPS) is 10.8. The standard InChI is InChI=1S/C13H20Br2N2O2/c14-8-6-4-2-1-3-5-7-9-17-10-11(15)12(18)16-13(17)19/h10H,1-9H2,(H,16,18,19). The summed E-state index contributed by atoms with van der Waals surface area (Å²) in [4.78, 5) is 25.0. The van der Waals surface area contributed by atoms with E-state index in [1.54, 1.807) is 10.8 Å². The summed E-state index contributed by atoms with van der Waals surface area (Å²) >= 11 is 6.56. The van der Waals surface area contributed by atoms with Crippen LogP contribution in [0.2, 0.25) is 0 Å². The van der Waals surface area contributed by atoms with E-state index in [-0.39, 0.29) is 11.2 Å². The molecule has 6 heteroatoms. The predicted molar refractivity (Wildman–Crippen MR) is 85.1 cm³/mol. The fraction of sp³-hybridized carbons (Fsp3) is 0.692. The quantitative estimate of drug-likeness (QED) is 0.514. The Morgan fingerprint density at radius 2 is 1.58 bits per heavy atom. The second kappa shape index (κ2) is 9.53. The molecule has 1 aromatic heterocycles. The van der Waals surface area contributed by atoms with Crippen molar-refractivity contribution in [3.63, 3.8) is 0 Å². The summed E-state index contributed by atoms with van der Waals surface area (Å²) in [5, 5.41) is 1.09. The molecule has 0 aliphatic heterocycles. The van der Waals surface area contributed by atoms with Gasteiger partial charge in [-0.05, 0) is 28.8 Å². The molecule has 0 unspecified atom stereocenters. The van der Waals surface area contributed by atoms with Crippen molar-refractivity contribution < 1.29 is 0 Å². The maximum absolute atomic E-state index is 11.5. The van der Waals surface area contributed by atoms with E-state index >= 15 is 0 Å². The minimum Gasteiger partial charge on any atom is -0.299 e. The van der Waals surface area contributed by atoms with Gasteiger partial charge in [0.2, 0.25) is 0 Å². The van der Waals surface area contributed by atoms with Gasteiger partial charge in [-0.1, -0.05) is 48.0 Å². The molecule has 1 rings (SSSR count). The molecule has 0 amide bonds. The van der Waals surface area contributed by atoms with Crippen molar-refractivity contribution in [1.82, 2.24) is 9.55 Å². The molecule has 0 saturated heterocycles. The van der Waals surface area contributed by atoms with E-state index in [0.29, 0.717) is 11.0 Å². The van der Waals surface area contributed by atoms with Crippen molar-refractivity contribution >= 4 is 31.9 Å². The van der Waals surface area contributed by atoms with E-state index < -0.39 is 0 Å². The average Bonchev–Trinajstić information content (AvgIpc) is 2.38. The third-order valence-corrected chi connectivity index (χ3v) is 4.13. The highest BCUT2D eigenvalue weighted by molar-refractivity contribution is 9.10. The summed E-state index contributed by atoms with van der Waals surface area (Å²) in [7, 11) is 0. The van der Waals surface area contributed by atoms with Gasteiger partial charge in [0.05, 0.1) is 4.47 Å². The Bertz CT molecular complexity index is 482. The summed E-state index contributed by atoms with van der Waals surface area (Å²) < 4.78 is 1.96. The van der Waals surface area contributed by atoms with Crippen LogP contribution in [0.5, 0.6) is 0 Å². The Morgan fingerprint density at radius 1 is 1.00 bits per heavy atom. The molecule has 108 valence electrons. The molecule has 0 radical (unpaired) electrons. The number of aryl methyl sites for hydroxylation is 1. The van der Waals surface area contributed by atoms with Gasteiger partial charge in [-0.15, -0.1) is 0 Å². The molecule has 0 fully saturated rings. The first-order chi connectivity index (χ1) is 9.15. The van der Waals surface area contributed by atoms with Crippen molar-refractivity contribution in [2.24, 2.45) is 0 Å². The Kier molecular flexibility index (Phi) is 8.37. The number of nitrogens with zero attached hydrogens (tertiary/aromatic N) is 1. The smallest absolute Gasteiger partial charge is 0.299 e. The molecule has 4 nitrogen and oxygen atoms in total. The van der Waals surface area contributed by atoms with E-state index in [4.69, 9.17) is 0 Å². The van der Waals surface area contributed by atoms with Crippen LogP contribution in [-0.4, -0.2) is 14.9 Å². The molecule has 0 aliphatic rings. The Labute approximate surface area is 129 Å². The zero-order chi connectivity index (χ0) is 14.1. The van der Waals surface area contributed by atoms with Crippen LogP contribution < -0.4 is 11.2 Å². The number of H-pyrrole nitrogens is 1. The average molecular weight is 396 g/mol. The number of hydrogen-bond acceptors (Lipinski definition) is 2. The van der Waals surface area contributed by atoms with Crippen LogP contribution >= 0.6 is 31.9 Å². The topological polar surface area (TPSA) is 54.9 Å². The summed E-state index contributed by atoms with van der Waals surface area (Å²) in [5.74, 6) is 0. The molecule has 0 saturated carbocycles. The SMILES string of the molecule is O=c1[nH]c(=O)n(CCCCCCCCCBr)cc1Br. The van der Waals surface area contributed by atoms with Gasteiger partial charge < -0.3 is 0 Å². The van der Waals surface area contributed by atoms with Gasteiger partial charge in [0, 0.05) is 18.1 Å². The fourth-order valence-corrected chi connectivity index (χ4v) is 2.65. The number of aromatic nitrogens is 2. The van der Waals surface area contributed by atoms with Crippen LogP contribution in [0, 0.1) is 0 Å². The molecule has 0 aliphatic carbocycles. The van der Waals surface area contributed by atoms with Crippen LogP contribution in [0.4, 0.5) is 0 Å². The Morgan fingerprint density at radius 3 is 2.21 bits per heavy atom. The minimum atomic E-state index is -0.368. The van der Waals surface area contributed by atoms with Crippen LogP contribution in [-0.2, 0) is 6.54 Å². The molecule has 19 heavy (non-hydrogen) atoms. The number of unbranched alkanes of at least 4 members (excludes halogenated alkanes) is 6. The van der Waals surface area contributed by atoms with Gasteiger partial charge in [-0.2, -0.15) is 0 Å². The van der Waals surface area contributed by atoms with E-state index in [0.717, 1.165) is 18.2 Å². The third-order valence-electron chi connectivity index (χ3n) is 3.00. The lowest BCUT2D eigenvalue weighted by atomic mass is 10.1. The number of rotatable bonds is 9. The lowest BCUT2D eigenvalue weighted by molar-refractivity contribution is 0.536. The van der Waals surface area contributed by atoms with Crippen molar-refractivity contribution in [2.45, 2.75) is 51.5 Å². The van der Waals surface area contributed by atoms with E-state index in [1.807, 2.05) is 0 Å². The number of alkyl halides is 1. The monoisotopic (exact) mass is 394 g/mol. The Balaban J connectivity index is 2.21. The first-order valence-electron chi connectivity index (χ1n) is 6.70. The number of hydrogen-bond donors (Lipinski definition) is 1. The summed E-state index contributed by atoms with van der Waals surface area (Å²) in [6, 6.07) is 0. The molecule has 1 N–H and O–H groups in total. The summed E-state index contributed by atoms with van der Waals surface area (Å²) in [6.07, 6.45) is 9.96. The van der Waals surface area contributed by atoms with Gasteiger partial charge in [0.1, 0.15) is 0 Å². The van der Waals surface area contributed by atoms with Crippen molar-refractivity contribution in [3.8, 4) is 0 Å². The third kappa shape index (κ3) is 6.56. The number of halogens is 2. The molecule has 0 bridgehead atoms.